The van der Waals surface area contributed by atoms with Crippen LogP contribution >= 0.6 is 0 Å². The van der Waals surface area contributed by atoms with Gasteiger partial charge in [-0.3, -0.25) is 9.69 Å². The molecule has 7 heteroatoms. The molecule has 4 aliphatic heterocycles. The van der Waals surface area contributed by atoms with Crippen LogP contribution in [0.3, 0.4) is 0 Å². The summed E-state index contributed by atoms with van der Waals surface area (Å²) in [6.45, 7) is 16.7. The molecule has 4 fully saturated rings. The quantitative estimate of drug-likeness (QED) is 0.619. The molecule has 0 radical (unpaired) electrons. The van der Waals surface area contributed by atoms with Crippen molar-refractivity contribution in [1.82, 2.24) is 4.90 Å². The molecule has 6 nitrogen and oxygen atoms in total. The SMILES string of the molecule is CC1(C)CCN(C2CC(N3C(=O)C4(CCOCC4)c4ccc(B5OC(C)(C)C(C)(C)O5)cc43)C2)C1. The molecule has 0 N–H and O–H groups in total. The van der Waals surface area contributed by atoms with Crippen LogP contribution in [0.25, 0.3) is 0 Å². The second-order valence-corrected chi connectivity index (χ2v) is 13.4. The summed E-state index contributed by atoms with van der Waals surface area (Å²) in [5, 5.41) is 0. The van der Waals surface area contributed by atoms with E-state index in [1.165, 1.54) is 25.1 Å². The number of carbonyl (C=O) groups is 1. The molecule has 5 aliphatic rings. The summed E-state index contributed by atoms with van der Waals surface area (Å²) >= 11 is 0. The molecule has 3 saturated heterocycles. The van der Waals surface area contributed by atoms with Crippen LogP contribution in [-0.4, -0.2) is 67.5 Å². The van der Waals surface area contributed by atoms with E-state index in [1.807, 2.05) is 0 Å². The lowest BCUT2D eigenvalue weighted by molar-refractivity contribution is -0.127. The number of benzene rings is 1. The third kappa shape index (κ3) is 3.64. The van der Waals surface area contributed by atoms with Crippen molar-refractivity contribution in [2.45, 2.75) is 102 Å². The minimum Gasteiger partial charge on any atom is -0.399 e. The van der Waals surface area contributed by atoms with Crippen LogP contribution in [0.4, 0.5) is 5.69 Å². The second-order valence-electron chi connectivity index (χ2n) is 13.4. The number of nitrogens with zero attached hydrogens (tertiary/aromatic N) is 2. The molecule has 0 atom stereocenters. The molecule has 0 unspecified atom stereocenters. The smallest absolute Gasteiger partial charge is 0.399 e. The summed E-state index contributed by atoms with van der Waals surface area (Å²) in [5.74, 6) is 0.284. The van der Waals surface area contributed by atoms with Gasteiger partial charge in [0.15, 0.2) is 0 Å². The number of rotatable bonds is 3. The highest BCUT2D eigenvalue weighted by molar-refractivity contribution is 6.62. The normalized spacial score (nSPS) is 32.8. The number of likely N-dealkylation sites (tertiary alicyclic amines) is 1. The Bertz CT molecular complexity index is 1010. The van der Waals surface area contributed by atoms with Gasteiger partial charge in [-0.05, 0) is 88.9 Å². The number of ether oxygens (including phenoxy) is 1. The van der Waals surface area contributed by atoms with Crippen molar-refractivity contribution in [3.63, 3.8) is 0 Å². The summed E-state index contributed by atoms with van der Waals surface area (Å²) in [5.41, 5.74) is 2.44. The van der Waals surface area contributed by atoms with Crippen molar-refractivity contribution in [2.24, 2.45) is 5.41 Å². The van der Waals surface area contributed by atoms with Gasteiger partial charge in [-0.25, -0.2) is 0 Å². The number of amides is 1. The monoisotopic (exact) mass is 480 g/mol. The van der Waals surface area contributed by atoms with Crippen molar-refractivity contribution in [3.05, 3.63) is 23.8 Å². The number of hydrogen-bond donors (Lipinski definition) is 0. The van der Waals surface area contributed by atoms with Crippen LogP contribution < -0.4 is 10.4 Å². The van der Waals surface area contributed by atoms with Crippen molar-refractivity contribution >= 4 is 24.2 Å². The van der Waals surface area contributed by atoms with Crippen molar-refractivity contribution in [3.8, 4) is 0 Å². The van der Waals surface area contributed by atoms with Gasteiger partial charge in [-0.1, -0.05) is 26.0 Å². The number of carbonyl (C=O) groups excluding carboxylic acids is 1. The fraction of sp³-hybridized carbons (Fsp3) is 0.750. The summed E-state index contributed by atoms with van der Waals surface area (Å²) in [7, 11) is -0.422. The zero-order chi connectivity index (χ0) is 24.8. The van der Waals surface area contributed by atoms with Gasteiger partial charge >= 0.3 is 7.12 Å². The van der Waals surface area contributed by atoms with E-state index < -0.39 is 23.7 Å². The first-order valence-corrected chi connectivity index (χ1v) is 13.6. The second kappa shape index (κ2) is 7.80. The van der Waals surface area contributed by atoms with Gasteiger partial charge in [0.1, 0.15) is 0 Å². The lowest BCUT2D eigenvalue weighted by Crippen LogP contribution is -2.57. The number of fused-ring (bicyclic) bond motifs is 2. The Morgan fingerprint density at radius 3 is 2.17 bits per heavy atom. The summed E-state index contributed by atoms with van der Waals surface area (Å²) in [6, 6.07) is 7.34. The first kappa shape index (κ1) is 24.0. The first-order chi connectivity index (χ1) is 16.4. The Labute approximate surface area is 210 Å². The number of anilines is 1. The maximum atomic E-state index is 14.1. The van der Waals surface area contributed by atoms with Crippen LogP contribution in [0.5, 0.6) is 0 Å². The lowest BCUT2D eigenvalue weighted by Gasteiger charge is -2.46. The van der Waals surface area contributed by atoms with Gasteiger partial charge in [0.2, 0.25) is 5.91 Å². The Morgan fingerprint density at radius 2 is 1.57 bits per heavy atom. The van der Waals surface area contributed by atoms with Gasteiger partial charge in [0.05, 0.1) is 16.6 Å². The molecule has 1 aromatic rings. The van der Waals surface area contributed by atoms with Crippen LogP contribution in [0.1, 0.15) is 79.2 Å². The largest absolute Gasteiger partial charge is 0.494 e. The Hall–Kier alpha value is -1.41. The van der Waals surface area contributed by atoms with E-state index in [2.05, 4.69) is 69.5 Å². The average Bonchev–Trinajstić information content (AvgIpc) is 3.31. The lowest BCUT2D eigenvalue weighted by atomic mass is 9.73. The molecule has 1 spiro atoms. The zero-order valence-corrected chi connectivity index (χ0v) is 22.4. The van der Waals surface area contributed by atoms with E-state index in [0.717, 1.165) is 36.8 Å². The summed E-state index contributed by atoms with van der Waals surface area (Å²) in [4.78, 5) is 19.0. The van der Waals surface area contributed by atoms with Crippen LogP contribution in [-0.2, 0) is 24.3 Å². The van der Waals surface area contributed by atoms with Crippen molar-refractivity contribution in [1.29, 1.82) is 0 Å². The molecule has 1 amide bonds. The molecule has 1 saturated carbocycles. The maximum Gasteiger partial charge on any atom is 0.494 e. The molecular weight excluding hydrogens is 439 g/mol. The highest BCUT2D eigenvalue weighted by Crippen LogP contribution is 2.51. The molecule has 6 rings (SSSR count). The third-order valence-corrected chi connectivity index (χ3v) is 9.97. The Kier molecular flexibility index (Phi) is 5.34. The molecular formula is C28H41BN2O4. The van der Waals surface area contributed by atoms with E-state index in [0.29, 0.717) is 24.7 Å². The van der Waals surface area contributed by atoms with Gasteiger partial charge in [0.25, 0.3) is 0 Å². The van der Waals surface area contributed by atoms with Crippen LogP contribution in [0, 0.1) is 5.41 Å². The highest BCUT2D eigenvalue weighted by atomic mass is 16.7. The summed E-state index contributed by atoms with van der Waals surface area (Å²) < 4.78 is 18.4. The maximum absolute atomic E-state index is 14.1. The molecule has 1 aliphatic carbocycles. The minimum absolute atomic E-state index is 0.269. The van der Waals surface area contributed by atoms with Gasteiger partial charge in [-0.15, -0.1) is 0 Å². The van der Waals surface area contributed by atoms with E-state index in [9.17, 15) is 4.79 Å². The van der Waals surface area contributed by atoms with Crippen molar-refractivity contribution < 1.29 is 18.8 Å². The van der Waals surface area contributed by atoms with Gasteiger partial charge in [-0.2, -0.15) is 0 Å². The molecule has 35 heavy (non-hydrogen) atoms. The van der Waals surface area contributed by atoms with Gasteiger partial charge < -0.3 is 18.9 Å². The zero-order valence-electron chi connectivity index (χ0n) is 22.4. The molecule has 1 aromatic carbocycles. The molecule has 190 valence electrons. The topological polar surface area (TPSA) is 51.2 Å². The Balaban J connectivity index is 1.30. The van der Waals surface area contributed by atoms with E-state index in [1.54, 1.807) is 0 Å². The first-order valence-electron chi connectivity index (χ1n) is 13.6. The van der Waals surface area contributed by atoms with Crippen molar-refractivity contribution in [2.75, 3.05) is 31.2 Å². The third-order valence-electron chi connectivity index (χ3n) is 9.97. The molecule has 0 aromatic heterocycles. The minimum atomic E-state index is -0.442. The number of hydrogen-bond acceptors (Lipinski definition) is 5. The summed E-state index contributed by atoms with van der Waals surface area (Å²) in [6.07, 6.45) is 4.92. The predicted octanol–water partition coefficient (Wildman–Crippen LogP) is 3.64. The average molecular weight is 480 g/mol. The van der Waals surface area contributed by atoms with Crippen LogP contribution in [0.2, 0.25) is 0 Å². The van der Waals surface area contributed by atoms with Gasteiger partial charge in [0, 0.05) is 37.5 Å². The molecule has 0 bridgehead atoms. The van der Waals surface area contributed by atoms with E-state index in [-0.39, 0.29) is 11.9 Å². The standard InChI is InChI=1S/C28H41BN2O4/c1-25(2)9-12-30(18-25)20-16-21(17-20)31-23-15-19(29-34-26(3,4)27(5,6)35-29)7-8-22(23)28(24(31)32)10-13-33-14-11-28/h7-8,15,20-21H,9-14,16-18H2,1-6H3. The highest BCUT2D eigenvalue weighted by Gasteiger charge is 2.57. The fourth-order valence-corrected chi connectivity index (χ4v) is 6.83. The fourth-order valence-electron chi connectivity index (χ4n) is 6.83. The van der Waals surface area contributed by atoms with E-state index in [4.69, 9.17) is 14.0 Å². The Morgan fingerprint density at radius 1 is 0.914 bits per heavy atom. The van der Waals surface area contributed by atoms with E-state index >= 15 is 0 Å². The molecule has 4 heterocycles. The van der Waals surface area contributed by atoms with Crippen LogP contribution in [0.15, 0.2) is 18.2 Å². The predicted molar refractivity (Wildman–Crippen MR) is 138 cm³/mol.